The summed E-state index contributed by atoms with van der Waals surface area (Å²) in [7, 11) is 0. The number of hydrogen-bond donors (Lipinski definition) is 1. The Hall–Kier alpha value is -1.03. The van der Waals surface area contributed by atoms with Crippen LogP contribution in [0.3, 0.4) is 0 Å². The van der Waals surface area contributed by atoms with E-state index < -0.39 is 5.60 Å². The van der Waals surface area contributed by atoms with Gasteiger partial charge in [-0.1, -0.05) is 36.1 Å². The van der Waals surface area contributed by atoms with Crippen LogP contribution in [0.1, 0.15) is 184 Å². The highest BCUT2D eigenvalue weighted by Crippen LogP contribution is 2.73. The Kier molecular flexibility index (Phi) is 10.1. The van der Waals surface area contributed by atoms with E-state index in [2.05, 4.69) is 20.8 Å². The molecule has 10 aliphatic rings. The third-order valence-electron chi connectivity index (χ3n) is 18.7. The van der Waals surface area contributed by atoms with E-state index in [-0.39, 0.29) is 33.1 Å². The molecule has 0 aromatic rings. The Bertz CT molecular complexity index is 1320. The van der Waals surface area contributed by atoms with Crippen LogP contribution in [0.2, 0.25) is 0 Å². The van der Waals surface area contributed by atoms with E-state index in [9.17, 15) is 19.5 Å². The van der Waals surface area contributed by atoms with E-state index in [1.54, 1.807) is 0 Å². The summed E-state index contributed by atoms with van der Waals surface area (Å²) >= 11 is 0. The molecular weight excluding hydrogens is 617 g/mol. The van der Waals surface area contributed by atoms with E-state index in [1.807, 2.05) is 0 Å². The highest BCUT2D eigenvalue weighted by Gasteiger charge is 2.67. The number of rotatable bonds is 2. The van der Waals surface area contributed by atoms with Crippen molar-refractivity contribution in [1.29, 1.82) is 0 Å². The van der Waals surface area contributed by atoms with Crippen LogP contribution >= 0.6 is 0 Å². The van der Waals surface area contributed by atoms with Crippen molar-refractivity contribution < 1.29 is 19.5 Å². The smallest absolute Gasteiger partial charge is 0.139 e. The van der Waals surface area contributed by atoms with Crippen molar-refractivity contribution in [3.63, 3.8) is 0 Å². The van der Waals surface area contributed by atoms with Crippen LogP contribution in [-0.2, 0) is 14.4 Å². The maximum absolute atomic E-state index is 12.6. The highest BCUT2D eigenvalue weighted by molar-refractivity contribution is 5.87. The topological polar surface area (TPSA) is 71.4 Å². The van der Waals surface area contributed by atoms with Gasteiger partial charge in [-0.25, -0.2) is 0 Å². The molecular formula is C46H76O4. The molecule has 0 unspecified atom stereocenters. The van der Waals surface area contributed by atoms with Crippen molar-refractivity contribution in [1.82, 2.24) is 0 Å². The van der Waals surface area contributed by atoms with Crippen LogP contribution in [0, 0.1) is 80.8 Å². The van der Waals surface area contributed by atoms with Crippen molar-refractivity contribution >= 4 is 17.3 Å². The third kappa shape index (κ3) is 5.45. The summed E-state index contributed by atoms with van der Waals surface area (Å²) in [6.45, 7) is 6.65. The Morgan fingerprint density at radius 3 is 1.44 bits per heavy atom. The Morgan fingerprint density at radius 2 is 0.940 bits per heavy atom. The molecule has 10 fully saturated rings. The SMILES string of the molecule is C.C.C.C[C@@]1(O)CC[C@@]2(C3CC3)[C@H](CC[C@@H]3[C@@H]2CC[C@]2(C)C(=O)CC[C@@H]32)C1.C[C@]12CC[C@H]3[C@@H](CC[C@@H]4CC(=O)CC[C@@]43C3CC3)[C@@H]1CCC2=O. The van der Waals surface area contributed by atoms with E-state index in [1.165, 1.54) is 83.5 Å². The summed E-state index contributed by atoms with van der Waals surface area (Å²) in [4.78, 5) is 37.2. The zero-order valence-electron chi connectivity index (χ0n) is 30.0. The molecule has 4 heteroatoms. The van der Waals surface area contributed by atoms with Gasteiger partial charge in [0.15, 0.2) is 0 Å². The van der Waals surface area contributed by atoms with Gasteiger partial charge in [0, 0.05) is 36.5 Å². The van der Waals surface area contributed by atoms with Gasteiger partial charge in [0.05, 0.1) is 5.60 Å². The second kappa shape index (κ2) is 13.1. The van der Waals surface area contributed by atoms with Gasteiger partial charge in [0.25, 0.3) is 0 Å². The lowest BCUT2D eigenvalue weighted by Crippen LogP contribution is -2.57. The maximum atomic E-state index is 12.6. The van der Waals surface area contributed by atoms with Crippen LogP contribution in [0.25, 0.3) is 0 Å². The maximum Gasteiger partial charge on any atom is 0.139 e. The summed E-state index contributed by atoms with van der Waals surface area (Å²) in [6.07, 6.45) is 25.9. The molecule has 10 saturated carbocycles. The molecule has 0 bridgehead atoms. The zero-order valence-corrected chi connectivity index (χ0v) is 30.0. The molecule has 10 rings (SSSR count). The van der Waals surface area contributed by atoms with Crippen LogP contribution in [0.15, 0.2) is 0 Å². The summed E-state index contributed by atoms with van der Waals surface area (Å²) in [5.41, 5.74) is 0.604. The normalized spacial score (nSPS) is 51.7. The molecule has 0 amide bonds. The predicted octanol–water partition coefficient (Wildman–Crippen LogP) is 11.2. The first-order valence-corrected chi connectivity index (χ1v) is 20.7. The molecule has 0 aliphatic heterocycles. The number of fused-ring (bicyclic) bond motifs is 10. The third-order valence-corrected chi connectivity index (χ3v) is 18.7. The number of aliphatic hydroxyl groups is 1. The minimum atomic E-state index is -0.428. The molecule has 0 aromatic heterocycles. The predicted molar refractivity (Wildman–Crippen MR) is 203 cm³/mol. The second-order valence-corrected chi connectivity index (χ2v) is 20.4. The molecule has 0 heterocycles. The molecule has 0 saturated heterocycles. The number of ketones is 3. The Morgan fingerprint density at radius 1 is 0.480 bits per heavy atom. The fraction of sp³-hybridized carbons (Fsp3) is 0.935. The average molecular weight is 693 g/mol. The molecule has 0 aromatic carbocycles. The van der Waals surface area contributed by atoms with Crippen molar-refractivity contribution in [2.45, 2.75) is 190 Å². The van der Waals surface area contributed by atoms with E-state index >= 15 is 0 Å². The lowest BCUT2D eigenvalue weighted by molar-refractivity contribution is -0.164. The van der Waals surface area contributed by atoms with Crippen molar-refractivity contribution in [2.75, 3.05) is 0 Å². The average Bonchev–Trinajstić information content (AvgIpc) is 3.98. The van der Waals surface area contributed by atoms with Crippen molar-refractivity contribution in [2.24, 2.45) is 80.8 Å². The van der Waals surface area contributed by atoms with Gasteiger partial charge in [-0.05, 0) is 193 Å². The molecule has 284 valence electrons. The molecule has 0 radical (unpaired) electrons. The minimum absolute atomic E-state index is 0. The van der Waals surface area contributed by atoms with Gasteiger partial charge in [0.2, 0.25) is 0 Å². The number of Topliss-reactive ketones (excluding diaryl/α,β-unsaturated/α-hetero) is 3. The number of hydrogen-bond acceptors (Lipinski definition) is 4. The summed E-state index contributed by atoms with van der Waals surface area (Å²) in [5, 5.41) is 10.7. The van der Waals surface area contributed by atoms with Gasteiger partial charge < -0.3 is 5.11 Å². The molecule has 13 atom stereocenters. The van der Waals surface area contributed by atoms with Crippen LogP contribution in [0.5, 0.6) is 0 Å². The van der Waals surface area contributed by atoms with Crippen molar-refractivity contribution in [3.8, 4) is 0 Å². The standard InChI is InChI=1S/C22H34O2.C21H30O2.3CH4/c1-20(24)11-12-22(14-3-4-14)15(13-20)5-6-16-17-7-8-19(23)21(17,2)10-9-18(16)22;1-20-10-9-18-16(17(20)6-7-19(20)23)5-4-14-12-15(22)8-11-21(14,18)13-2-3-13;;;/h14-18,24H,3-13H2,1-2H3;13-14,16-18H,2-12H2,1H3;3*1H4/t15-,16+,17+,18+,20-,21+,22-;14-,16+,17+,18+,20+,21-;;;/m11.../s1. The number of carbonyl (C=O) groups is 3. The first kappa shape index (κ1) is 38.7. The zero-order chi connectivity index (χ0) is 32.6. The lowest BCUT2D eigenvalue weighted by Gasteiger charge is -2.62. The second-order valence-electron chi connectivity index (χ2n) is 20.4. The van der Waals surface area contributed by atoms with Crippen molar-refractivity contribution in [3.05, 3.63) is 0 Å². The molecule has 4 nitrogen and oxygen atoms in total. The van der Waals surface area contributed by atoms with E-state index in [0.29, 0.717) is 45.9 Å². The minimum Gasteiger partial charge on any atom is -0.390 e. The monoisotopic (exact) mass is 693 g/mol. The van der Waals surface area contributed by atoms with Gasteiger partial charge in [-0.2, -0.15) is 0 Å². The van der Waals surface area contributed by atoms with E-state index in [0.717, 1.165) is 99.2 Å². The molecule has 1 N–H and O–H groups in total. The molecule has 50 heavy (non-hydrogen) atoms. The molecule has 0 spiro atoms. The Labute approximate surface area is 306 Å². The van der Waals surface area contributed by atoms with E-state index in [4.69, 9.17) is 0 Å². The Balaban J connectivity index is 0.000000163. The van der Waals surface area contributed by atoms with Crippen LogP contribution in [0.4, 0.5) is 0 Å². The van der Waals surface area contributed by atoms with Crippen LogP contribution in [-0.4, -0.2) is 28.1 Å². The first-order chi connectivity index (χ1) is 22.4. The van der Waals surface area contributed by atoms with Gasteiger partial charge in [0.1, 0.15) is 17.3 Å². The van der Waals surface area contributed by atoms with Gasteiger partial charge in [-0.15, -0.1) is 0 Å². The fourth-order valence-electron chi connectivity index (χ4n) is 16.3. The number of carbonyl (C=O) groups excluding carboxylic acids is 3. The summed E-state index contributed by atoms with van der Waals surface area (Å²) in [5.74, 6) is 9.52. The highest BCUT2D eigenvalue weighted by atomic mass is 16.3. The summed E-state index contributed by atoms with van der Waals surface area (Å²) < 4.78 is 0. The van der Waals surface area contributed by atoms with Gasteiger partial charge in [-0.3, -0.25) is 14.4 Å². The first-order valence-electron chi connectivity index (χ1n) is 20.7. The summed E-state index contributed by atoms with van der Waals surface area (Å²) in [6, 6.07) is 0. The lowest BCUT2D eigenvalue weighted by atomic mass is 9.42. The molecule has 10 aliphatic carbocycles. The fourth-order valence-corrected chi connectivity index (χ4v) is 16.3. The van der Waals surface area contributed by atoms with Crippen LogP contribution < -0.4 is 0 Å². The largest absolute Gasteiger partial charge is 0.390 e. The van der Waals surface area contributed by atoms with Gasteiger partial charge >= 0.3 is 0 Å². The quantitative estimate of drug-likeness (QED) is 0.313.